The lowest BCUT2D eigenvalue weighted by Crippen LogP contribution is -2.51. The Bertz CT molecular complexity index is 1720. The van der Waals surface area contributed by atoms with Gasteiger partial charge in [-0.2, -0.15) is 17.9 Å². The molecule has 3 saturated heterocycles. The molecule has 4 aliphatic heterocycles. The van der Waals surface area contributed by atoms with Crippen molar-refractivity contribution in [3.63, 3.8) is 0 Å². The molecule has 7 rings (SSSR count). The van der Waals surface area contributed by atoms with Gasteiger partial charge in [0.25, 0.3) is 0 Å². The molecule has 14 heteroatoms. The maximum atomic E-state index is 12.5. The van der Waals surface area contributed by atoms with Crippen LogP contribution in [-0.4, -0.2) is 76.5 Å². The summed E-state index contributed by atoms with van der Waals surface area (Å²) in [6.45, 7) is 5.19. The van der Waals surface area contributed by atoms with Gasteiger partial charge < -0.3 is 15.4 Å². The first-order chi connectivity index (χ1) is 23.3. The quantitative estimate of drug-likeness (QED) is 0.173. The van der Waals surface area contributed by atoms with Crippen LogP contribution in [0.1, 0.15) is 60.6 Å². The summed E-state index contributed by atoms with van der Waals surface area (Å²) in [6.07, 6.45) is 5.98. The number of benzene rings is 1. The minimum Gasteiger partial charge on any atom is -0.381 e. The number of amides is 2. The first-order valence-corrected chi connectivity index (χ1v) is 18.3. The molecule has 0 saturated carbocycles. The Morgan fingerprint density at radius 1 is 1.19 bits per heavy atom. The Kier molecular flexibility index (Phi) is 9.91. The molecular weight excluding hydrogens is 668 g/mol. The first kappa shape index (κ1) is 33.3. The smallest absolute Gasteiger partial charge is 0.243 e. The van der Waals surface area contributed by atoms with Gasteiger partial charge in [-0.05, 0) is 54.9 Å². The Morgan fingerprint density at radius 3 is 2.77 bits per heavy atom. The summed E-state index contributed by atoms with van der Waals surface area (Å²) < 4.78 is 5.45. The van der Waals surface area contributed by atoms with Gasteiger partial charge >= 0.3 is 0 Å². The molecule has 3 aromatic rings. The number of thiol groups is 1. The molecule has 0 radical (unpaired) electrons. The topological polar surface area (TPSA) is 136 Å². The first-order valence-electron chi connectivity index (χ1n) is 16.5. The number of hydrogen-bond acceptors (Lipinski definition) is 12. The lowest BCUT2D eigenvalue weighted by Gasteiger charge is -2.33. The van der Waals surface area contributed by atoms with Crippen LogP contribution in [0.5, 0.6) is 0 Å². The number of anilines is 2. The second kappa shape index (κ2) is 14.3. The van der Waals surface area contributed by atoms with E-state index in [0.717, 1.165) is 73.1 Å². The minimum absolute atomic E-state index is 0.171. The van der Waals surface area contributed by atoms with Gasteiger partial charge in [0.05, 0.1) is 33.6 Å². The highest BCUT2D eigenvalue weighted by atomic mass is 35.5. The molecule has 3 N–H and O–H groups in total. The maximum Gasteiger partial charge on any atom is 0.243 e. The molecule has 2 atom stereocenters. The van der Waals surface area contributed by atoms with Crippen LogP contribution >= 0.6 is 35.6 Å². The summed E-state index contributed by atoms with van der Waals surface area (Å²) in [4.78, 5) is 38.0. The lowest BCUT2D eigenvalue weighted by atomic mass is 9.82. The monoisotopic (exact) mass is 706 g/mol. The van der Waals surface area contributed by atoms with E-state index < -0.39 is 5.41 Å². The van der Waals surface area contributed by atoms with Gasteiger partial charge in [0.1, 0.15) is 5.82 Å². The van der Waals surface area contributed by atoms with Crippen LogP contribution in [0.2, 0.25) is 5.02 Å². The summed E-state index contributed by atoms with van der Waals surface area (Å²) in [5.74, 6) is 0.358. The molecule has 6 heterocycles. The van der Waals surface area contributed by atoms with Gasteiger partial charge in [0.2, 0.25) is 11.8 Å². The molecule has 2 unspecified atom stereocenters. The van der Waals surface area contributed by atoms with Crippen LogP contribution in [-0.2, 0) is 27.4 Å². The van der Waals surface area contributed by atoms with Crippen molar-refractivity contribution in [1.82, 2.24) is 25.1 Å². The van der Waals surface area contributed by atoms with Gasteiger partial charge in [0, 0.05) is 75.5 Å². The van der Waals surface area contributed by atoms with E-state index in [0.29, 0.717) is 50.2 Å². The SMILES string of the molecule is N#CC1(CNc2nc(-c3cc(NC4CCN(Cc5ccc6c(c5)C(S)N(C5CCC(=O)NC5=O)C6)CC4)ncc3Cl)cs2)CCOCC1. The molecule has 11 nitrogen and oxygen atoms in total. The van der Waals surface area contributed by atoms with Crippen LogP contribution in [0.15, 0.2) is 35.8 Å². The van der Waals surface area contributed by atoms with Crippen molar-refractivity contribution in [3.8, 4) is 17.3 Å². The third-order valence-corrected chi connectivity index (χ3v) is 11.7. The van der Waals surface area contributed by atoms with E-state index in [2.05, 4.69) is 55.0 Å². The van der Waals surface area contributed by atoms with Gasteiger partial charge in [-0.25, -0.2) is 9.97 Å². The third kappa shape index (κ3) is 7.20. The zero-order chi connectivity index (χ0) is 33.3. The Hall–Kier alpha value is -3.25. The normalized spacial score (nSPS) is 23.4. The number of thiazole rings is 1. The zero-order valence-electron chi connectivity index (χ0n) is 26.6. The average Bonchev–Trinajstić information content (AvgIpc) is 3.70. The maximum absolute atomic E-state index is 12.5. The standard InChI is InChI=1S/C34H39ClN8O3S2/c35-26-15-37-29(14-25(26)27-18-48-33(40-27)38-20-34(19-36)7-11-46-12-8-34)39-23-5-9-42(10-6-23)16-21-1-2-22-17-43(32(47)24(22)13-21)28-3-4-30(44)41-31(28)45/h1-2,13-15,18,23,28,32,47H,3-12,16-17,20H2,(H,37,39)(H,38,40)(H,41,44,45). The summed E-state index contributed by atoms with van der Waals surface area (Å²) in [7, 11) is 0. The number of likely N-dealkylation sites (tertiary alicyclic amines) is 1. The van der Waals surface area contributed by atoms with Crippen molar-refractivity contribution >= 4 is 58.3 Å². The summed E-state index contributed by atoms with van der Waals surface area (Å²) >= 11 is 13.0. The number of piperidine rings is 2. The number of rotatable bonds is 9. The van der Waals surface area contributed by atoms with E-state index >= 15 is 0 Å². The highest BCUT2D eigenvalue weighted by Crippen LogP contribution is 2.40. The number of halogens is 1. The minimum atomic E-state index is -0.428. The highest BCUT2D eigenvalue weighted by molar-refractivity contribution is 7.80. The van der Waals surface area contributed by atoms with Gasteiger partial charge in [0.15, 0.2) is 5.13 Å². The van der Waals surface area contributed by atoms with Gasteiger partial charge in [-0.1, -0.05) is 29.8 Å². The largest absolute Gasteiger partial charge is 0.381 e. The summed E-state index contributed by atoms with van der Waals surface area (Å²) in [6, 6.07) is 11.0. The lowest BCUT2D eigenvalue weighted by molar-refractivity contribution is -0.137. The van der Waals surface area contributed by atoms with Crippen LogP contribution in [0.4, 0.5) is 10.9 Å². The van der Waals surface area contributed by atoms with Crippen molar-refractivity contribution < 1.29 is 14.3 Å². The van der Waals surface area contributed by atoms with Crippen molar-refractivity contribution in [2.45, 2.75) is 69.1 Å². The van der Waals surface area contributed by atoms with E-state index in [1.54, 1.807) is 6.20 Å². The van der Waals surface area contributed by atoms with Gasteiger partial charge in [-0.3, -0.25) is 24.7 Å². The fraction of sp³-hybridized carbons (Fsp3) is 0.500. The fourth-order valence-corrected chi connectivity index (χ4v) is 8.49. The second-order valence-electron chi connectivity index (χ2n) is 13.2. The molecule has 0 aliphatic carbocycles. The predicted molar refractivity (Wildman–Crippen MR) is 189 cm³/mol. The third-order valence-electron chi connectivity index (χ3n) is 10.0. The predicted octanol–water partition coefficient (Wildman–Crippen LogP) is 5.22. The molecule has 3 fully saturated rings. The second-order valence-corrected chi connectivity index (χ2v) is 14.9. The number of carbonyl (C=O) groups is 2. The Balaban J connectivity index is 0.918. The van der Waals surface area contributed by atoms with E-state index in [1.165, 1.54) is 22.5 Å². The van der Waals surface area contributed by atoms with Crippen LogP contribution < -0.4 is 16.0 Å². The number of aromatic nitrogens is 2. The number of nitriles is 1. The average molecular weight is 707 g/mol. The molecule has 48 heavy (non-hydrogen) atoms. The molecule has 2 aromatic heterocycles. The summed E-state index contributed by atoms with van der Waals surface area (Å²) in [5, 5.41) is 22.4. The number of fused-ring (bicyclic) bond motifs is 1. The van der Waals surface area contributed by atoms with Crippen LogP contribution in [0.25, 0.3) is 11.3 Å². The molecular formula is C34H39ClN8O3S2. The summed E-state index contributed by atoms with van der Waals surface area (Å²) in [5.41, 5.74) is 4.75. The van der Waals surface area contributed by atoms with Crippen molar-refractivity contribution in [3.05, 3.63) is 57.6 Å². The molecule has 1 aromatic carbocycles. The van der Waals surface area contributed by atoms with Crippen molar-refractivity contribution in [2.75, 3.05) is 43.5 Å². The number of carbonyl (C=O) groups excluding carboxylic acids is 2. The van der Waals surface area contributed by atoms with Crippen LogP contribution in [0, 0.1) is 16.7 Å². The molecule has 2 amide bonds. The Labute approximate surface area is 294 Å². The number of ether oxygens (including phenoxy) is 1. The molecule has 4 aliphatic rings. The van der Waals surface area contributed by atoms with E-state index in [-0.39, 0.29) is 23.2 Å². The Morgan fingerprint density at radius 2 is 2.00 bits per heavy atom. The van der Waals surface area contributed by atoms with Crippen molar-refractivity contribution in [1.29, 1.82) is 5.26 Å². The number of pyridine rings is 1. The van der Waals surface area contributed by atoms with E-state index in [4.69, 9.17) is 34.0 Å². The van der Waals surface area contributed by atoms with Crippen molar-refractivity contribution in [2.24, 2.45) is 5.41 Å². The van der Waals surface area contributed by atoms with Crippen LogP contribution in [0.3, 0.4) is 0 Å². The number of hydrogen-bond donors (Lipinski definition) is 4. The highest BCUT2D eigenvalue weighted by Gasteiger charge is 2.39. The van der Waals surface area contributed by atoms with E-state index in [9.17, 15) is 14.9 Å². The number of imide groups is 1. The molecule has 252 valence electrons. The zero-order valence-corrected chi connectivity index (χ0v) is 29.0. The fourth-order valence-electron chi connectivity index (χ4n) is 7.10. The molecule has 0 bridgehead atoms. The number of nitrogens with one attached hydrogen (secondary N) is 3. The van der Waals surface area contributed by atoms with E-state index in [1.807, 2.05) is 11.4 Å². The number of nitrogens with zero attached hydrogens (tertiary/aromatic N) is 5. The molecule has 0 spiro atoms. The van der Waals surface area contributed by atoms with Gasteiger partial charge in [-0.15, -0.1) is 11.3 Å².